The zero-order chi connectivity index (χ0) is 23.2. The van der Waals surface area contributed by atoms with Gasteiger partial charge in [0.1, 0.15) is 0 Å². The summed E-state index contributed by atoms with van der Waals surface area (Å²) >= 11 is -1.74. The molecule has 2 atom stereocenters. The predicted octanol–water partition coefficient (Wildman–Crippen LogP) is 3.45. The quantitative estimate of drug-likeness (QED) is 0.360. The van der Waals surface area contributed by atoms with Crippen LogP contribution in [0.15, 0.2) is 79.0 Å². The molecule has 2 heterocycles. The second kappa shape index (κ2) is 10.7. The van der Waals surface area contributed by atoms with Crippen LogP contribution >= 0.6 is 0 Å². The number of nitrogens with zero attached hydrogens (tertiary/aromatic N) is 3. The predicted molar refractivity (Wildman–Crippen MR) is 132 cm³/mol. The van der Waals surface area contributed by atoms with Crippen molar-refractivity contribution in [1.29, 1.82) is 0 Å². The fraction of sp³-hybridized carbons (Fsp3) is 0.192. The van der Waals surface area contributed by atoms with Gasteiger partial charge in [0.15, 0.2) is 0 Å². The summed E-state index contributed by atoms with van der Waals surface area (Å²) < 4.78 is 15.6. The summed E-state index contributed by atoms with van der Waals surface area (Å²) in [6.07, 6.45) is 2.58. The monoisotopic (exact) mass is 504 g/mol. The van der Waals surface area contributed by atoms with Crippen LogP contribution in [0.1, 0.15) is 18.1 Å². The molecular weight excluding hydrogens is 478 g/mol. The van der Waals surface area contributed by atoms with Gasteiger partial charge in [-0.3, -0.25) is 0 Å². The number of hydrogen-bond donors (Lipinski definition) is 2. The number of aliphatic hydroxyl groups excluding tert-OH is 1. The number of rotatable bonds is 8. The van der Waals surface area contributed by atoms with E-state index in [0.717, 1.165) is 37.8 Å². The number of aromatic nitrogens is 3. The zero-order valence-corrected chi connectivity index (χ0v) is 20.5. The summed E-state index contributed by atoms with van der Waals surface area (Å²) in [6.45, 7) is 2.13. The van der Waals surface area contributed by atoms with E-state index in [4.69, 9.17) is 9.97 Å². The van der Waals surface area contributed by atoms with Gasteiger partial charge in [-0.1, -0.05) is 0 Å². The molecular formula is C26H26AsFN4O. The number of anilines is 1. The standard InChI is InChI=1S/C26H26AsFN4O/c1-18(14-19-6-3-7-20(15-19)17-33)30-26-29-13-12-25(32-26)27(2)24-11-5-10-23(31-24)21-8-4-9-22(28)16-21/h3-13,15-16,18,33H,14,17H2,1-2H3,(H,29,30,32). The van der Waals surface area contributed by atoms with Gasteiger partial charge in [0.25, 0.3) is 0 Å². The van der Waals surface area contributed by atoms with Crippen molar-refractivity contribution in [3.05, 3.63) is 95.9 Å². The van der Waals surface area contributed by atoms with E-state index in [1.807, 2.05) is 48.5 Å². The maximum absolute atomic E-state index is 13.6. The number of hydrogen-bond acceptors (Lipinski definition) is 5. The minimum atomic E-state index is -1.74. The van der Waals surface area contributed by atoms with Crippen molar-refractivity contribution in [3.8, 4) is 11.3 Å². The Labute approximate surface area is 198 Å². The molecule has 0 aliphatic rings. The van der Waals surface area contributed by atoms with E-state index in [2.05, 4.69) is 29.0 Å². The molecule has 2 N–H and O–H groups in total. The Balaban J connectivity index is 1.48. The Morgan fingerprint density at radius 1 is 0.939 bits per heavy atom. The molecule has 5 nitrogen and oxygen atoms in total. The summed E-state index contributed by atoms with van der Waals surface area (Å²) in [6, 6.07) is 22.4. The normalized spacial score (nSPS) is 12.8. The van der Waals surface area contributed by atoms with Gasteiger partial charge in [-0.15, -0.1) is 0 Å². The molecule has 7 heteroatoms. The Bertz CT molecular complexity index is 1240. The van der Waals surface area contributed by atoms with Crippen LogP contribution in [0.4, 0.5) is 10.3 Å². The van der Waals surface area contributed by atoms with Crippen molar-refractivity contribution in [2.24, 2.45) is 0 Å². The van der Waals surface area contributed by atoms with Gasteiger partial charge in [0.05, 0.1) is 0 Å². The molecule has 33 heavy (non-hydrogen) atoms. The van der Waals surface area contributed by atoms with E-state index < -0.39 is 14.7 Å². The van der Waals surface area contributed by atoms with E-state index >= 15 is 0 Å². The molecule has 0 spiro atoms. The average molecular weight is 504 g/mol. The molecule has 0 saturated carbocycles. The van der Waals surface area contributed by atoms with Crippen molar-refractivity contribution in [2.45, 2.75) is 31.7 Å². The van der Waals surface area contributed by atoms with E-state index in [1.165, 1.54) is 12.1 Å². The Hall–Kier alpha value is -3.08. The van der Waals surface area contributed by atoms with Crippen LogP contribution in [0.3, 0.4) is 0 Å². The molecule has 0 fully saturated rings. The molecule has 0 aliphatic heterocycles. The SMILES string of the molecule is CC(Cc1cccc(CO)c1)Nc1nccc([As](C)c2cccc(-c3cccc(F)c3)n2)n1. The van der Waals surface area contributed by atoms with E-state index in [9.17, 15) is 9.50 Å². The summed E-state index contributed by atoms with van der Waals surface area (Å²) in [5.41, 5.74) is 5.79. The number of halogens is 1. The molecule has 0 radical (unpaired) electrons. The second-order valence-electron chi connectivity index (χ2n) is 7.92. The number of aliphatic hydroxyl groups is 1. The second-order valence-corrected chi connectivity index (χ2v) is 12.2. The van der Waals surface area contributed by atoms with Crippen LogP contribution in [0.25, 0.3) is 11.3 Å². The van der Waals surface area contributed by atoms with E-state index in [1.54, 1.807) is 12.3 Å². The Kier molecular flexibility index (Phi) is 7.48. The molecule has 2 aromatic heterocycles. The Morgan fingerprint density at radius 2 is 1.70 bits per heavy atom. The molecule has 0 saturated heterocycles. The van der Waals surface area contributed by atoms with Crippen LogP contribution in [0, 0.1) is 5.82 Å². The average Bonchev–Trinajstić information content (AvgIpc) is 2.84. The fourth-order valence-corrected chi connectivity index (χ4v) is 6.43. The van der Waals surface area contributed by atoms with E-state index in [-0.39, 0.29) is 18.5 Å². The van der Waals surface area contributed by atoms with Crippen molar-refractivity contribution in [2.75, 3.05) is 5.32 Å². The third-order valence-electron chi connectivity index (χ3n) is 5.27. The van der Waals surface area contributed by atoms with Crippen molar-refractivity contribution in [1.82, 2.24) is 15.0 Å². The van der Waals surface area contributed by atoms with Gasteiger partial charge >= 0.3 is 198 Å². The van der Waals surface area contributed by atoms with Gasteiger partial charge in [-0.2, -0.15) is 0 Å². The summed E-state index contributed by atoms with van der Waals surface area (Å²) in [5.74, 6) is 0.329. The number of nitrogens with one attached hydrogen (secondary N) is 1. The molecule has 4 rings (SSSR count). The van der Waals surface area contributed by atoms with Gasteiger partial charge in [-0.05, 0) is 0 Å². The molecule has 2 unspecified atom stereocenters. The summed E-state index contributed by atoms with van der Waals surface area (Å²) in [4.78, 5) is 14.0. The van der Waals surface area contributed by atoms with E-state index in [0.29, 0.717) is 5.95 Å². The molecule has 168 valence electrons. The third kappa shape index (κ3) is 6.04. The van der Waals surface area contributed by atoms with Crippen LogP contribution in [-0.2, 0) is 13.0 Å². The third-order valence-corrected chi connectivity index (χ3v) is 9.20. The van der Waals surface area contributed by atoms with Crippen LogP contribution < -0.4 is 14.3 Å². The van der Waals surface area contributed by atoms with Crippen molar-refractivity contribution < 1.29 is 9.50 Å². The first-order valence-electron chi connectivity index (χ1n) is 10.8. The minimum absolute atomic E-state index is 0.0397. The maximum atomic E-state index is 13.6. The first-order chi connectivity index (χ1) is 16.0. The van der Waals surface area contributed by atoms with Gasteiger partial charge in [0.2, 0.25) is 0 Å². The molecule has 0 aliphatic carbocycles. The molecule has 0 amide bonds. The van der Waals surface area contributed by atoms with Gasteiger partial charge < -0.3 is 0 Å². The molecule has 0 bridgehead atoms. The van der Waals surface area contributed by atoms with Crippen LogP contribution in [-0.4, -0.2) is 40.8 Å². The molecule has 4 aromatic rings. The number of benzene rings is 2. The summed E-state index contributed by atoms with van der Waals surface area (Å²) in [7, 11) is 0. The first kappa shape index (κ1) is 23.1. The zero-order valence-electron chi connectivity index (χ0n) is 18.6. The fourth-order valence-electron chi connectivity index (χ4n) is 3.62. The van der Waals surface area contributed by atoms with Crippen LogP contribution in [0.2, 0.25) is 5.71 Å². The summed E-state index contributed by atoms with van der Waals surface area (Å²) in [5, 5.41) is 12.7. The van der Waals surface area contributed by atoms with Crippen molar-refractivity contribution >= 4 is 29.6 Å². The Morgan fingerprint density at radius 3 is 2.52 bits per heavy atom. The van der Waals surface area contributed by atoms with Gasteiger partial charge in [0, 0.05) is 0 Å². The molecule has 2 aromatic carbocycles. The topological polar surface area (TPSA) is 70.9 Å². The van der Waals surface area contributed by atoms with Gasteiger partial charge in [-0.25, -0.2) is 0 Å². The first-order valence-corrected chi connectivity index (χ1v) is 14.5. The van der Waals surface area contributed by atoms with Crippen LogP contribution in [0.5, 0.6) is 0 Å². The van der Waals surface area contributed by atoms with Crippen molar-refractivity contribution in [3.63, 3.8) is 0 Å². The number of pyridine rings is 1.